The zero-order valence-corrected chi connectivity index (χ0v) is 11.6. The summed E-state index contributed by atoms with van der Waals surface area (Å²) in [5.41, 5.74) is 2.73. The SMILES string of the molecule is CN1CCNCC1c1ccc(N2CCOCC2)cc1. The topological polar surface area (TPSA) is 27.7 Å². The number of rotatable bonds is 2. The van der Waals surface area contributed by atoms with E-state index in [-0.39, 0.29) is 0 Å². The van der Waals surface area contributed by atoms with Crippen LogP contribution in [0.4, 0.5) is 5.69 Å². The molecule has 0 spiro atoms. The van der Waals surface area contributed by atoms with Crippen LogP contribution in [0.1, 0.15) is 11.6 Å². The first kappa shape index (κ1) is 12.9. The van der Waals surface area contributed by atoms with Crippen molar-refractivity contribution in [1.82, 2.24) is 10.2 Å². The summed E-state index contributed by atoms with van der Waals surface area (Å²) in [6.07, 6.45) is 0. The van der Waals surface area contributed by atoms with Crippen LogP contribution in [0.2, 0.25) is 0 Å². The van der Waals surface area contributed by atoms with Gasteiger partial charge >= 0.3 is 0 Å². The van der Waals surface area contributed by atoms with Gasteiger partial charge in [0.05, 0.1) is 13.2 Å². The van der Waals surface area contributed by atoms with E-state index >= 15 is 0 Å². The lowest BCUT2D eigenvalue weighted by Gasteiger charge is -2.34. The highest BCUT2D eigenvalue weighted by atomic mass is 16.5. The zero-order chi connectivity index (χ0) is 13.1. The van der Waals surface area contributed by atoms with E-state index in [1.807, 2.05) is 0 Å². The van der Waals surface area contributed by atoms with Gasteiger partial charge in [0.1, 0.15) is 0 Å². The van der Waals surface area contributed by atoms with Gasteiger partial charge in [0.15, 0.2) is 0 Å². The van der Waals surface area contributed by atoms with Crippen molar-refractivity contribution in [3.8, 4) is 0 Å². The van der Waals surface area contributed by atoms with E-state index in [4.69, 9.17) is 4.74 Å². The molecule has 2 saturated heterocycles. The molecular formula is C15H23N3O. The molecule has 1 atom stereocenters. The van der Waals surface area contributed by atoms with Gasteiger partial charge in [-0.1, -0.05) is 12.1 Å². The predicted octanol–water partition coefficient (Wildman–Crippen LogP) is 1.10. The molecule has 0 radical (unpaired) electrons. The minimum absolute atomic E-state index is 0.507. The number of likely N-dealkylation sites (N-methyl/N-ethyl adjacent to an activating group) is 1. The predicted molar refractivity (Wildman–Crippen MR) is 77.7 cm³/mol. The van der Waals surface area contributed by atoms with Gasteiger partial charge in [0.2, 0.25) is 0 Å². The van der Waals surface area contributed by atoms with Crippen LogP contribution >= 0.6 is 0 Å². The van der Waals surface area contributed by atoms with Gasteiger partial charge in [-0.05, 0) is 24.7 Å². The van der Waals surface area contributed by atoms with Crippen molar-refractivity contribution in [3.63, 3.8) is 0 Å². The lowest BCUT2D eigenvalue weighted by Crippen LogP contribution is -2.43. The van der Waals surface area contributed by atoms with Crippen molar-refractivity contribution in [3.05, 3.63) is 29.8 Å². The molecule has 0 aromatic heterocycles. The minimum atomic E-state index is 0.507. The summed E-state index contributed by atoms with van der Waals surface area (Å²) in [5.74, 6) is 0. The second kappa shape index (κ2) is 5.90. The molecule has 2 fully saturated rings. The second-order valence-corrected chi connectivity index (χ2v) is 5.39. The second-order valence-electron chi connectivity index (χ2n) is 5.39. The maximum absolute atomic E-state index is 5.40. The standard InChI is InChI=1S/C15H23N3O/c1-17-7-6-16-12-15(17)13-2-4-14(5-3-13)18-8-10-19-11-9-18/h2-5,15-16H,6-12H2,1H3. The molecule has 0 amide bonds. The zero-order valence-electron chi connectivity index (χ0n) is 11.6. The molecule has 4 nitrogen and oxygen atoms in total. The van der Waals surface area contributed by atoms with Crippen LogP contribution in [0, 0.1) is 0 Å². The minimum Gasteiger partial charge on any atom is -0.378 e. The Bertz CT molecular complexity index is 400. The van der Waals surface area contributed by atoms with Gasteiger partial charge in [-0.3, -0.25) is 4.90 Å². The third-order valence-electron chi connectivity index (χ3n) is 4.17. The maximum Gasteiger partial charge on any atom is 0.0642 e. The molecule has 1 unspecified atom stereocenters. The van der Waals surface area contributed by atoms with Crippen LogP contribution in [0.3, 0.4) is 0 Å². The summed E-state index contributed by atoms with van der Waals surface area (Å²) in [6.45, 7) is 6.96. The number of hydrogen-bond acceptors (Lipinski definition) is 4. The van der Waals surface area contributed by atoms with Crippen LogP contribution in [0.5, 0.6) is 0 Å². The van der Waals surface area contributed by atoms with Crippen molar-refractivity contribution in [2.24, 2.45) is 0 Å². The van der Waals surface area contributed by atoms with Crippen LogP contribution in [-0.2, 0) is 4.74 Å². The molecule has 1 N–H and O–H groups in total. The molecule has 2 heterocycles. The Morgan fingerprint density at radius 1 is 1.11 bits per heavy atom. The Balaban J connectivity index is 1.70. The fraction of sp³-hybridized carbons (Fsp3) is 0.600. The third-order valence-corrected chi connectivity index (χ3v) is 4.17. The quantitative estimate of drug-likeness (QED) is 0.863. The van der Waals surface area contributed by atoms with Crippen LogP contribution in [0.25, 0.3) is 0 Å². The average Bonchev–Trinajstić information content (AvgIpc) is 2.49. The molecule has 1 aromatic carbocycles. The summed E-state index contributed by atoms with van der Waals surface area (Å²) < 4.78 is 5.40. The van der Waals surface area contributed by atoms with Crippen molar-refractivity contribution in [1.29, 1.82) is 0 Å². The van der Waals surface area contributed by atoms with E-state index in [1.54, 1.807) is 0 Å². The molecular weight excluding hydrogens is 238 g/mol. The third kappa shape index (κ3) is 2.91. The summed E-state index contributed by atoms with van der Waals surface area (Å²) in [4.78, 5) is 4.83. The molecule has 2 aliphatic rings. The highest BCUT2D eigenvalue weighted by molar-refractivity contribution is 5.48. The fourth-order valence-electron chi connectivity index (χ4n) is 2.91. The smallest absolute Gasteiger partial charge is 0.0642 e. The Kier molecular flexibility index (Phi) is 4.01. The van der Waals surface area contributed by atoms with Crippen LogP contribution in [0.15, 0.2) is 24.3 Å². The van der Waals surface area contributed by atoms with Gasteiger partial charge in [0.25, 0.3) is 0 Å². The first-order valence-corrected chi connectivity index (χ1v) is 7.18. The molecule has 0 bridgehead atoms. The Hall–Kier alpha value is -1.10. The largest absolute Gasteiger partial charge is 0.378 e. The number of nitrogens with zero attached hydrogens (tertiary/aromatic N) is 2. The Labute approximate surface area is 115 Å². The summed E-state index contributed by atoms with van der Waals surface area (Å²) in [6, 6.07) is 9.57. The highest BCUT2D eigenvalue weighted by Crippen LogP contribution is 2.24. The van der Waals surface area contributed by atoms with Crippen LogP contribution < -0.4 is 10.2 Å². The first-order chi connectivity index (χ1) is 9.34. The molecule has 2 aliphatic heterocycles. The number of morpholine rings is 1. The van der Waals surface area contributed by atoms with Gasteiger partial charge in [-0.15, -0.1) is 0 Å². The molecule has 1 aromatic rings. The van der Waals surface area contributed by atoms with Crippen molar-refractivity contribution >= 4 is 5.69 Å². The fourth-order valence-corrected chi connectivity index (χ4v) is 2.91. The summed E-state index contributed by atoms with van der Waals surface area (Å²) in [7, 11) is 2.21. The lowest BCUT2D eigenvalue weighted by atomic mass is 10.0. The van der Waals surface area contributed by atoms with Crippen LogP contribution in [-0.4, -0.2) is 57.9 Å². The van der Waals surface area contributed by atoms with E-state index < -0.39 is 0 Å². The number of benzene rings is 1. The van der Waals surface area contributed by atoms with E-state index in [0.717, 1.165) is 45.9 Å². The molecule has 19 heavy (non-hydrogen) atoms. The monoisotopic (exact) mass is 261 g/mol. The molecule has 3 rings (SSSR count). The Morgan fingerprint density at radius 3 is 2.53 bits per heavy atom. The van der Waals surface area contributed by atoms with Gasteiger partial charge in [-0.2, -0.15) is 0 Å². The molecule has 0 saturated carbocycles. The van der Waals surface area contributed by atoms with E-state index in [9.17, 15) is 0 Å². The molecule has 4 heteroatoms. The number of hydrogen-bond donors (Lipinski definition) is 1. The molecule has 104 valence electrons. The average molecular weight is 261 g/mol. The first-order valence-electron chi connectivity index (χ1n) is 7.18. The van der Waals surface area contributed by atoms with Gasteiger partial charge in [-0.25, -0.2) is 0 Å². The van der Waals surface area contributed by atoms with E-state index in [1.165, 1.54) is 11.3 Å². The van der Waals surface area contributed by atoms with Crippen molar-refractivity contribution in [2.75, 3.05) is 57.9 Å². The number of piperazine rings is 1. The number of ether oxygens (including phenoxy) is 1. The van der Waals surface area contributed by atoms with E-state index in [0.29, 0.717) is 6.04 Å². The summed E-state index contributed by atoms with van der Waals surface area (Å²) >= 11 is 0. The number of anilines is 1. The lowest BCUT2D eigenvalue weighted by molar-refractivity contribution is 0.122. The Morgan fingerprint density at radius 2 is 1.84 bits per heavy atom. The highest BCUT2D eigenvalue weighted by Gasteiger charge is 2.20. The van der Waals surface area contributed by atoms with Crippen molar-refractivity contribution < 1.29 is 4.74 Å². The van der Waals surface area contributed by atoms with Crippen molar-refractivity contribution in [2.45, 2.75) is 6.04 Å². The van der Waals surface area contributed by atoms with Gasteiger partial charge < -0.3 is 15.0 Å². The number of nitrogens with one attached hydrogen (secondary N) is 1. The summed E-state index contributed by atoms with van der Waals surface area (Å²) in [5, 5.41) is 3.47. The molecule has 0 aliphatic carbocycles. The maximum atomic E-state index is 5.40. The van der Waals surface area contributed by atoms with E-state index in [2.05, 4.69) is 46.4 Å². The normalized spacial score (nSPS) is 25.5. The van der Waals surface area contributed by atoms with Gasteiger partial charge in [0, 0.05) is 44.5 Å².